The van der Waals surface area contributed by atoms with E-state index in [1.165, 1.54) is 27.8 Å². The van der Waals surface area contributed by atoms with Gasteiger partial charge >= 0.3 is 0 Å². The highest BCUT2D eigenvalue weighted by Crippen LogP contribution is 2.49. The molecule has 1 unspecified atom stereocenters. The van der Waals surface area contributed by atoms with Gasteiger partial charge in [-0.25, -0.2) is 9.97 Å². The molecule has 1 atom stereocenters. The van der Waals surface area contributed by atoms with Gasteiger partial charge in [0, 0.05) is 67.4 Å². The zero-order chi connectivity index (χ0) is 37.5. The number of fused-ring (bicyclic) bond motifs is 9. The number of benzene rings is 6. The smallest absolute Gasteiger partial charge is 0.180 e. The van der Waals surface area contributed by atoms with Crippen molar-refractivity contribution in [1.29, 1.82) is 0 Å². The zero-order valence-corrected chi connectivity index (χ0v) is 30.6. The summed E-state index contributed by atoms with van der Waals surface area (Å²) >= 11 is 0. The molecule has 7 aromatic carbocycles. The van der Waals surface area contributed by atoms with E-state index in [-0.39, 0.29) is 6.10 Å². The second kappa shape index (κ2) is 12.4. The molecule has 3 aromatic heterocycles. The maximum absolute atomic E-state index is 6.66. The van der Waals surface area contributed by atoms with Gasteiger partial charge in [0.15, 0.2) is 11.4 Å². The van der Waals surface area contributed by atoms with Crippen molar-refractivity contribution in [2.45, 2.75) is 12.5 Å². The van der Waals surface area contributed by atoms with Crippen LogP contribution in [0.3, 0.4) is 0 Å². The Balaban J connectivity index is 1.19. The van der Waals surface area contributed by atoms with Crippen molar-refractivity contribution in [2.75, 3.05) is 0 Å². The number of furan rings is 1. The Bertz CT molecular complexity index is 3170. The second-order valence-electron chi connectivity index (χ2n) is 14.7. The molecule has 12 rings (SSSR count). The fourth-order valence-electron chi connectivity index (χ4n) is 8.86. The molecule has 2 aliphatic rings. The summed E-state index contributed by atoms with van der Waals surface area (Å²) in [6.45, 7) is 0. The van der Waals surface area contributed by atoms with Crippen LogP contribution in [-0.4, -0.2) is 20.6 Å². The van der Waals surface area contributed by atoms with Crippen LogP contribution in [0.4, 0.5) is 0 Å². The molecule has 266 valence electrons. The van der Waals surface area contributed by atoms with Gasteiger partial charge in [0.1, 0.15) is 28.6 Å². The van der Waals surface area contributed by atoms with Gasteiger partial charge in [-0.1, -0.05) is 127 Å². The maximum Gasteiger partial charge on any atom is 0.180 e. The van der Waals surface area contributed by atoms with Crippen molar-refractivity contribution in [2.24, 2.45) is 0 Å². The van der Waals surface area contributed by atoms with Crippen LogP contribution >= 0.6 is 0 Å². The van der Waals surface area contributed by atoms with E-state index in [2.05, 4.69) is 132 Å². The molecular formula is C52H31N3O2. The van der Waals surface area contributed by atoms with Crippen molar-refractivity contribution in [3.8, 4) is 56.3 Å². The van der Waals surface area contributed by atoms with Gasteiger partial charge < -0.3 is 13.7 Å². The van der Waals surface area contributed by atoms with E-state index in [1.807, 2.05) is 54.6 Å². The van der Waals surface area contributed by atoms with Crippen LogP contribution in [0.15, 0.2) is 168 Å². The van der Waals surface area contributed by atoms with E-state index < -0.39 is 0 Å². The third-order valence-corrected chi connectivity index (χ3v) is 11.4. The van der Waals surface area contributed by atoms with Gasteiger partial charge in [0.05, 0.1) is 11.2 Å². The normalized spacial score (nSPS) is 14.2. The van der Waals surface area contributed by atoms with Crippen molar-refractivity contribution < 1.29 is 9.15 Å². The topological polar surface area (TPSA) is 53.1 Å². The molecule has 1 aliphatic heterocycles. The van der Waals surface area contributed by atoms with Crippen LogP contribution in [-0.2, 0) is 6.42 Å². The van der Waals surface area contributed by atoms with Gasteiger partial charge in [0.2, 0.25) is 0 Å². The molecule has 5 heteroatoms. The number of rotatable bonds is 5. The molecule has 0 amide bonds. The number of ether oxygens (including phenoxy) is 1. The minimum absolute atomic E-state index is 0.0868. The molecule has 4 heterocycles. The summed E-state index contributed by atoms with van der Waals surface area (Å²) in [6.07, 6.45) is 2.99. The molecule has 0 saturated heterocycles. The molecule has 0 fully saturated rings. The Morgan fingerprint density at radius 1 is 0.632 bits per heavy atom. The second-order valence-corrected chi connectivity index (χ2v) is 14.7. The Kier molecular flexibility index (Phi) is 6.90. The molecule has 5 nitrogen and oxygen atoms in total. The van der Waals surface area contributed by atoms with Crippen molar-refractivity contribution in [1.82, 2.24) is 14.5 Å². The van der Waals surface area contributed by atoms with Crippen molar-refractivity contribution in [3.05, 3.63) is 193 Å². The lowest BCUT2D eigenvalue weighted by Crippen LogP contribution is -2.21. The fraction of sp³-hybridized carbons (Fsp3) is 0.0385. The van der Waals surface area contributed by atoms with Crippen LogP contribution < -0.4 is 4.74 Å². The van der Waals surface area contributed by atoms with Gasteiger partial charge in [-0.2, -0.15) is 0 Å². The highest BCUT2D eigenvalue weighted by Gasteiger charge is 2.36. The molecule has 10 aromatic rings. The highest BCUT2D eigenvalue weighted by atomic mass is 16.5. The van der Waals surface area contributed by atoms with E-state index in [0.29, 0.717) is 11.4 Å². The summed E-state index contributed by atoms with van der Waals surface area (Å²) in [6, 6.07) is 63.3. The van der Waals surface area contributed by atoms with Gasteiger partial charge in [-0.3, -0.25) is 0 Å². The Morgan fingerprint density at radius 2 is 1.37 bits per heavy atom. The predicted molar refractivity (Wildman–Crippen MR) is 228 cm³/mol. The average Bonchev–Trinajstić information content (AvgIpc) is 3.95. The predicted octanol–water partition coefficient (Wildman–Crippen LogP) is 12.4. The SMILES string of the molecule is c1cccc(-c2cc(-c3nc(-c4ccccc4)nc4c3oc3ccccc34)cc(-c3ccccc3)c2-n2c3c(c4ccccc42)C=C2c4ccccc4OC2C3)c#1. The lowest BCUT2D eigenvalue weighted by molar-refractivity contribution is 0.274. The largest absolute Gasteiger partial charge is 0.485 e. The van der Waals surface area contributed by atoms with E-state index in [1.54, 1.807) is 0 Å². The minimum Gasteiger partial charge on any atom is -0.485 e. The number of nitrogens with zero attached hydrogens (tertiary/aromatic N) is 3. The fourth-order valence-corrected chi connectivity index (χ4v) is 8.86. The standard InChI is InChI=1S/C52H31N3O2/c1-4-16-32(17-5-1)39-28-35(48-51-49(38-24-12-15-27-46(38)57-51)54-52(53-48)34-20-8-3-9-21-34)29-40(33-18-6-2-7-19-33)50(39)55-43-25-13-10-22-36(43)41-30-42-37-23-11-14-26-45(37)56-47(42)31-44(41)55/h1-6,8-18,20-30,47H,31H2. The molecule has 0 radical (unpaired) electrons. The Labute approximate surface area is 328 Å². The van der Waals surface area contributed by atoms with E-state index >= 15 is 0 Å². The summed E-state index contributed by atoms with van der Waals surface area (Å²) in [7, 11) is 0. The molecule has 0 saturated carbocycles. The Morgan fingerprint density at radius 3 is 2.21 bits per heavy atom. The minimum atomic E-state index is -0.0868. The van der Waals surface area contributed by atoms with E-state index in [4.69, 9.17) is 19.1 Å². The highest BCUT2D eigenvalue weighted by molar-refractivity contribution is 6.08. The maximum atomic E-state index is 6.66. The quantitative estimate of drug-likeness (QED) is 0.177. The first-order chi connectivity index (χ1) is 28.3. The van der Waals surface area contributed by atoms with E-state index in [9.17, 15) is 0 Å². The molecule has 0 spiro atoms. The van der Waals surface area contributed by atoms with Crippen LogP contribution in [0.2, 0.25) is 0 Å². The molecule has 1 aliphatic carbocycles. The van der Waals surface area contributed by atoms with Crippen LogP contribution in [0.25, 0.3) is 95.2 Å². The summed E-state index contributed by atoms with van der Waals surface area (Å²) in [4.78, 5) is 10.4. The number of para-hydroxylation sites is 3. The first-order valence-corrected chi connectivity index (χ1v) is 19.2. The van der Waals surface area contributed by atoms with Crippen LogP contribution in [0.1, 0.15) is 16.8 Å². The van der Waals surface area contributed by atoms with Crippen LogP contribution in [0, 0.1) is 12.1 Å². The number of hydrogen-bond acceptors (Lipinski definition) is 4. The van der Waals surface area contributed by atoms with Gasteiger partial charge in [0.25, 0.3) is 0 Å². The van der Waals surface area contributed by atoms with Crippen LogP contribution in [0.5, 0.6) is 5.75 Å². The molecule has 57 heavy (non-hydrogen) atoms. The summed E-state index contributed by atoms with van der Waals surface area (Å²) < 4.78 is 15.8. The number of hydrogen-bond donors (Lipinski definition) is 0. The van der Waals surface area contributed by atoms with E-state index in [0.717, 1.165) is 78.9 Å². The number of aromatic nitrogens is 3. The van der Waals surface area contributed by atoms with Crippen molar-refractivity contribution in [3.63, 3.8) is 0 Å². The first-order valence-electron chi connectivity index (χ1n) is 19.2. The monoisotopic (exact) mass is 729 g/mol. The van der Waals surface area contributed by atoms with Gasteiger partial charge in [-0.05, 0) is 60.2 Å². The summed E-state index contributed by atoms with van der Waals surface area (Å²) in [5, 5.41) is 2.15. The van der Waals surface area contributed by atoms with Crippen molar-refractivity contribution >= 4 is 44.6 Å². The summed E-state index contributed by atoms with van der Waals surface area (Å²) in [5.74, 6) is 1.58. The average molecular weight is 730 g/mol. The third kappa shape index (κ3) is 4.91. The molecular weight excluding hydrogens is 699 g/mol. The third-order valence-electron chi connectivity index (χ3n) is 11.4. The lowest BCUT2D eigenvalue weighted by atomic mass is 9.89. The lowest BCUT2D eigenvalue weighted by Gasteiger charge is -2.24. The summed E-state index contributed by atoms with van der Waals surface area (Å²) in [5.41, 5.74) is 15.9. The first kappa shape index (κ1) is 31.6. The molecule has 0 bridgehead atoms. The zero-order valence-electron chi connectivity index (χ0n) is 30.6. The van der Waals surface area contributed by atoms with Gasteiger partial charge in [-0.15, -0.1) is 0 Å². The molecule has 0 N–H and O–H groups in total. The Hall–Kier alpha value is -7.68.